The van der Waals surface area contributed by atoms with E-state index >= 15 is 0 Å². The van der Waals surface area contributed by atoms with Gasteiger partial charge in [0.25, 0.3) is 5.91 Å². The van der Waals surface area contributed by atoms with Crippen LogP contribution in [0, 0.1) is 5.92 Å². The second-order valence-corrected chi connectivity index (χ2v) is 7.80. The van der Waals surface area contributed by atoms with Gasteiger partial charge in [-0.05, 0) is 46.5 Å². The Morgan fingerprint density at radius 2 is 2.00 bits per heavy atom. The third kappa shape index (κ3) is 4.52. The van der Waals surface area contributed by atoms with Gasteiger partial charge in [0, 0.05) is 11.0 Å². The van der Waals surface area contributed by atoms with Crippen molar-refractivity contribution in [2.24, 2.45) is 11.1 Å². The van der Waals surface area contributed by atoms with Crippen LogP contribution in [0.3, 0.4) is 0 Å². The number of carbonyl (C=O) groups is 1. The molecule has 1 amide bonds. The zero-order valence-corrected chi connectivity index (χ0v) is 14.0. The van der Waals surface area contributed by atoms with E-state index in [1.54, 1.807) is 0 Å². The molecule has 5 nitrogen and oxygen atoms in total. The number of hydrogen-bond donors (Lipinski definition) is 2. The number of nitrogens with two attached hydrogens (primary N) is 1. The first-order valence-electron chi connectivity index (χ1n) is 6.98. The Bertz CT molecular complexity index is 625. The first kappa shape index (κ1) is 16.5. The molecule has 0 atom stereocenters. The van der Waals surface area contributed by atoms with E-state index in [0.717, 1.165) is 6.42 Å². The molecular weight excluding hydrogens is 356 g/mol. The van der Waals surface area contributed by atoms with Crippen molar-refractivity contribution in [1.82, 2.24) is 5.32 Å². The highest BCUT2D eigenvalue weighted by Crippen LogP contribution is 2.27. The number of hydrogen-bond acceptors (Lipinski definition) is 3. The molecule has 7 heteroatoms. The number of halogens is 1. The Kier molecular flexibility index (Phi) is 5.40. The molecule has 0 aliphatic heterocycles. The van der Waals surface area contributed by atoms with E-state index in [0.29, 0.717) is 16.9 Å². The number of amides is 1. The van der Waals surface area contributed by atoms with E-state index < -0.39 is 10.0 Å². The lowest BCUT2D eigenvalue weighted by atomic mass is 10.0. The lowest BCUT2D eigenvalue weighted by Gasteiger charge is -2.11. The number of rotatable bonds is 5. The highest BCUT2D eigenvalue weighted by atomic mass is 79.9. The van der Waals surface area contributed by atoms with Gasteiger partial charge in [-0.25, -0.2) is 13.6 Å². The topological polar surface area (TPSA) is 89.3 Å². The summed E-state index contributed by atoms with van der Waals surface area (Å²) in [5.74, 6) is 0.412. The van der Waals surface area contributed by atoms with Crippen molar-refractivity contribution in [3.05, 3.63) is 28.2 Å². The SMILES string of the molecule is NS(=O)(=O)c1ccc(Br)c(C(=O)NCCC2CCCC2)c1. The lowest BCUT2D eigenvalue weighted by Crippen LogP contribution is -2.26. The Morgan fingerprint density at radius 3 is 2.62 bits per heavy atom. The Morgan fingerprint density at radius 1 is 1.33 bits per heavy atom. The summed E-state index contributed by atoms with van der Waals surface area (Å²) in [7, 11) is -3.81. The predicted octanol–water partition coefficient (Wildman–Crippen LogP) is 2.41. The molecule has 0 bridgehead atoms. The fourth-order valence-electron chi connectivity index (χ4n) is 2.64. The van der Waals surface area contributed by atoms with Crippen molar-refractivity contribution in [3.8, 4) is 0 Å². The zero-order valence-electron chi connectivity index (χ0n) is 11.6. The van der Waals surface area contributed by atoms with Gasteiger partial charge in [0.15, 0.2) is 0 Å². The van der Waals surface area contributed by atoms with E-state index in [1.165, 1.54) is 43.9 Å². The maximum atomic E-state index is 12.1. The molecule has 1 aromatic rings. The van der Waals surface area contributed by atoms with Gasteiger partial charge in [0.1, 0.15) is 0 Å². The van der Waals surface area contributed by atoms with E-state index in [4.69, 9.17) is 5.14 Å². The minimum atomic E-state index is -3.81. The standard InChI is InChI=1S/C14H19BrN2O3S/c15-13-6-5-11(21(16,19)20)9-12(13)14(18)17-8-7-10-3-1-2-4-10/h5-6,9-10H,1-4,7-8H2,(H,17,18)(H2,16,19,20). The molecule has 1 aliphatic carbocycles. The smallest absolute Gasteiger partial charge is 0.252 e. The number of carbonyl (C=O) groups excluding carboxylic acids is 1. The summed E-state index contributed by atoms with van der Waals surface area (Å²) in [5.41, 5.74) is 0.285. The van der Waals surface area contributed by atoms with Gasteiger partial charge in [-0.3, -0.25) is 4.79 Å². The van der Waals surface area contributed by atoms with Crippen molar-refractivity contribution < 1.29 is 13.2 Å². The van der Waals surface area contributed by atoms with Crippen LogP contribution in [0.4, 0.5) is 0 Å². The molecule has 0 heterocycles. The summed E-state index contributed by atoms with van der Waals surface area (Å²) in [5, 5.41) is 7.92. The van der Waals surface area contributed by atoms with Crippen molar-refractivity contribution in [2.75, 3.05) is 6.54 Å². The number of nitrogens with one attached hydrogen (secondary N) is 1. The zero-order chi connectivity index (χ0) is 15.5. The third-order valence-corrected chi connectivity index (χ3v) is 5.43. The van der Waals surface area contributed by atoms with Gasteiger partial charge < -0.3 is 5.32 Å². The maximum absolute atomic E-state index is 12.1. The van der Waals surface area contributed by atoms with Gasteiger partial charge in [-0.1, -0.05) is 25.7 Å². The molecule has 21 heavy (non-hydrogen) atoms. The maximum Gasteiger partial charge on any atom is 0.252 e. The molecule has 0 aromatic heterocycles. The molecule has 1 aliphatic rings. The van der Waals surface area contributed by atoms with Crippen molar-refractivity contribution in [2.45, 2.75) is 37.0 Å². The van der Waals surface area contributed by atoms with Crippen LogP contribution in [0.5, 0.6) is 0 Å². The van der Waals surface area contributed by atoms with Crippen molar-refractivity contribution in [3.63, 3.8) is 0 Å². The van der Waals surface area contributed by atoms with Gasteiger partial charge in [0.05, 0.1) is 10.5 Å². The molecule has 0 radical (unpaired) electrons. The fourth-order valence-corrected chi connectivity index (χ4v) is 3.61. The van der Waals surface area contributed by atoms with Gasteiger partial charge >= 0.3 is 0 Å². The van der Waals surface area contributed by atoms with E-state index in [-0.39, 0.29) is 16.4 Å². The second-order valence-electron chi connectivity index (χ2n) is 5.38. The lowest BCUT2D eigenvalue weighted by molar-refractivity contribution is 0.0950. The number of benzene rings is 1. The Hall–Kier alpha value is -0.920. The summed E-state index contributed by atoms with van der Waals surface area (Å²) in [6.07, 6.45) is 6.00. The van der Waals surface area contributed by atoms with Gasteiger partial charge in [0.2, 0.25) is 10.0 Å². The van der Waals surface area contributed by atoms with Crippen LogP contribution in [0.1, 0.15) is 42.5 Å². The summed E-state index contributed by atoms with van der Waals surface area (Å²) < 4.78 is 23.2. The quantitative estimate of drug-likeness (QED) is 0.828. The second kappa shape index (κ2) is 6.89. The molecule has 3 N–H and O–H groups in total. The van der Waals surface area contributed by atoms with Crippen LogP contribution in [-0.4, -0.2) is 20.9 Å². The normalized spacial score (nSPS) is 16.1. The number of primary sulfonamides is 1. The van der Waals surface area contributed by atoms with Crippen LogP contribution in [0.2, 0.25) is 0 Å². The molecule has 1 saturated carbocycles. The molecule has 2 rings (SSSR count). The highest BCUT2D eigenvalue weighted by molar-refractivity contribution is 9.10. The summed E-state index contributed by atoms with van der Waals surface area (Å²) in [6.45, 7) is 0.607. The van der Waals surface area contributed by atoms with Gasteiger partial charge in [-0.15, -0.1) is 0 Å². The van der Waals surface area contributed by atoms with Crippen LogP contribution in [-0.2, 0) is 10.0 Å². The molecule has 0 spiro atoms. The average molecular weight is 375 g/mol. The number of sulfonamides is 1. The van der Waals surface area contributed by atoms with Crippen LogP contribution in [0.25, 0.3) is 0 Å². The van der Waals surface area contributed by atoms with Crippen LogP contribution < -0.4 is 10.5 Å². The van der Waals surface area contributed by atoms with Crippen molar-refractivity contribution in [1.29, 1.82) is 0 Å². The largest absolute Gasteiger partial charge is 0.352 e. The molecular formula is C14H19BrN2O3S. The highest BCUT2D eigenvalue weighted by Gasteiger charge is 2.17. The molecule has 0 unspecified atom stereocenters. The monoisotopic (exact) mass is 374 g/mol. The Balaban J connectivity index is 2.01. The minimum Gasteiger partial charge on any atom is -0.352 e. The summed E-state index contributed by atoms with van der Waals surface area (Å²) in [6, 6.07) is 4.19. The fraction of sp³-hybridized carbons (Fsp3) is 0.500. The summed E-state index contributed by atoms with van der Waals surface area (Å²) >= 11 is 3.26. The van der Waals surface area contributed by atoms with Gasteiger partial charge in [-0.2, -0.15) is 0 Å². The Labute approximate surface area is 133 Å². The molecule has 0 saturated heterocycles. The first-order chi connectivity index (χ1) is 9.88. The van der Waals surface area contributed by atoms with Crippen LogP contribution >= 0.6 is 15.9 Å². The summed E-state index contributed by atoms with van der Waals surface area (Å²) in [4.78, 5) is 12.1. The van der Waals surface area contributed by atoms with E-state index in [2.05, 4.69) is 21.2 Å². The average Bonchev–Trinajstić information content (AvgIpc) is 2.91. The molecule has 1 fully saturated rings. The predicted molar refractivity (Wildman–Crippen MR) is 84.4 cm³/mol. The molecule has 1 aromatic carbocycles. The van der Waals surface area contributed by atoms with E-state index in [1.807, 2.05) is 0 Å². The van der Waals surface area contributed by atoms with Crippen molar-refractivity contribution >= 4 is 31.9 Å². The molecule has 116 valence electrons. The first-order valence-corrected chi connectivity index (χ1v) is 9.32. The van der Waals surface area contributed by atoms with E-state index in [9.17, 15) is 13.2 Å². The van der Waals surface area contributed by atoms with Crippen LogP contribution in [0.15, 0.2) is 27.6 Å². The minimum absolute atomic E-state index is 0.0633. The third-order valence-electron chi connectivity index (χ3n) is 3.82.